The fraction of sp³-hybridized carbons (Fsp3) is 0.345. The molecule has 1 aromatic heterocycles. The van der Waals surface area contributed by atoms with E-state index in [4.69, 9.17) is 5.11 Å². The van der Waals surface area contributed by atoms with E-state index in [0.717, 1.165) is 12.8 Å². The van der Waals surface area contributed by atoms with Gasteiger partial charge in [0.1, 0.15) is 0 Å². The minimum absolute atomic E-state index is 0.108. The highest BCUT2D eigenvalue weighted by atomic mass is 16.3. The Bertz CT molecular complexity index is 980. The first-order chi connectivity index (χ1) is 17.0. The lowest BCUT2D eigenvalue weighted by atomic mass is 9.93. The molecule has 0 spiro atoms. The Balaban J connectivity index is 0.000000266. The van der Waals surface area contributed by atoms with Crippen LogP contribution in [0.5, 0.6) is 0 Å². The minimum Gasteiger partial charge on any atom is -0.395 e. The number of amides is 2. The Labute approximate surface area is 209 Å². The number of aliphatic hydroxyl groups excluding tert-OH is 1. The van der Waals surface area contributed by atoms with E-state index in [1.165, 1.54) is 23.5 Å². The molecule has 1 heterocycles. The number of carbonyl (C=O) groups is 2. The quantitative estimate of drug-likeness (QED) is 0.437. The summed E-state index contributed by atoms with van der Waals surface area (Å²) in [5, 5.41) is 11.2. The van der Waals surface area contributed by atoms with Crippen LogP contribution in [0.4, 0.5) is 0 Å². The van der Waals surface area contributed by atoms with E-state index < -0.39 is 0 Å². The molecule has 0 unspecified atom stereocenters. The van der Waals surface area contributed by atoms with Crippen LogP contribution in [-0.4, -0.2) is 53.0 Å². The largest absolute Gasteiger partial charge is 0.395 e. The second-order valence-electron chi connectivity index (χ2n) is 8.28. The lowest BCUT2D eigenvalue weighted by Gasteiger charge is -2.21. The number of carbonyl (C=O) groups excluding carboxylic acids is 2. The van der Waals surface area contributed by atoms with Crippen molar-refractivity contribution in [3.05, 3.63) is 101 Å². The second kappa shape index (κ2) is 15.4. The van der Waals surface area contributed by atoms with Crippen LogP contribution >= 0.6 is 0 Å². The first-order valence-corrected chi connectivity index (χ1v) is 12.2. The molecule has 0 fully saturated rings. The topological polar surface area (TPSA) is 82.5 Å². The van der Waals surface area contributed by atoms with Gasteiger partial charge >= 0.3 is 0 Å². The van der Waals surface area contributed by atoms with Gasteiger partial charge in [-0.25, -0.2) is 0 Å². The van der Waals surface area contributed by atoms with Gasteiger partial charge in [-0.1, -0.05) is 81.4 Å². The van der Waals surface area contributed by atoms with Crippen molar-refractivity contribution >= 4 is 11.8 Å². The lowest BCUT2D eigenvalue weighted by Crippen LogP contribution is -2.33. The number of hydrogen-bond donors (Lipinski definition) is 2. The number of aliphatic hydroxyl groups is 1. The molecule has 3 rings (SSSR count). The van der Waals surface area contributed by atoms with Gasteiger partial charge in [-0.2, -0.15) is 0 Å². The van der Waals surface area contributed by atoms with E-state index in [2.05, 4.69) is 77.9 Å². The van der Waals surface area contributed by atoms with Gasteiger partial charge in [-0.05, 0) is 30.0 Å². The molecule has 6 nitrogen and oxygen atoms in total. The predicted octanol–water partition coefficient (Wildman–Crippen LogP) is 4.90. The fourth-order valence-electron chi connectivity index (χ4n) is 3.67. The molecule has 0 aliphatic rings. The molecule has 0 bridgehead atoms. The summed E-state index contributed by atoms with van der Waals surface area (Å²) in [5.41, 5.74) is 3.48. The van der Waals surface area contributed by atoms with Gasteiger partial charge in [-0.15, -0.1) is 0 Å². The average molecular weight is 476 g/mol. The maximum absolute atomic E-state index is 12.4. The first-order valence-electron chi connectivity index (χ1n) is 12.2. The zero-order valence-electron chi connectivity index (χ0n) is 21.0. The standard InChI is InChI=1S/C15H23N3O3.C14H14/c1-3-6-18(7-4-2)15(21)13-9-12(10-16-11-13)14(20)17-5-8-19;1-12(13-8-4-2-5-9-13)14-10-6-3-7-11-14/h9-11,19H,3-8H2,1-2H3,(H,17,20);2-12H,1H3. The van der Waals surface area contributed by atoms with Gasteiger partial charge in [-0.3, -0.25) is 14.6 Å². The van der Waals surface area contributed by atoms with Crippen molar-refractivity contribution in [2.24, 2.45) is 0 Å². The number of nitrogens with one attached hydrogen (secondary N) is 1. The van der Waals surface area contributed by atoms with Crippen LogP contribution in [0, 0.1) is 0 Å². The smallest absolute Gasteiger partial charge is 0.255 e. The third-order valence-electron chi connectivity index (χ3n) is 5.52. The Morgan fingerprint density at radius 3 is 1.89 bits per heavy atom. The van der Waals surface area contributed by atoms with Crippen molar-refractivity contribution in [1.29, 1.82) is 0 Å². The zero-order chi connectivity index (χ0) is 25.5. The van der Waals surface area contributed by atoms with Gasteiger partial charge < -0.3 is 15.3 Å². The summed E-state index contributed by atoms with van der Waals surface area (Å²) in [4.78, 5) is 30.0. The van der Waals surface area contributed by atoms with Crippen molar-refractivity contribution in [2.45, 2.75) is 39.5 Å². The van der Waals surface area contributed by atoms with Gasteiger partial charge in [0.25, 0.3) is 11.8 Å². The van der Waals surface area contributed by atoms with Crippen LogP contribution in [0.15, 0.2) is 79.1 Å². The van der Waals surface area contributed by atoms with Gasteiger partial charge in [0.15, 0.2) is 0 Å². The molecule has 2 N–H and O–H groups in total. The Hall–Kier alpha value is -3.51. The second-order valence-corrected chi connectivity index (χ2v) is 8.28. The van der Waals surface area contributed by atoms with Crippen molar-refractivity contribution in [2.75, 3.05) is 26.2 Å². The molecule has 0 atom stereocenters. The van der Waals surface area contributed by atoms with Crippen LogP contribution < -0.4 is 5.32 Å². The molecule has 2 aromatic carbocycles. The molecule has 6 heteroatoms. The monoisotopic (exact) mass is 475 g/mol. The van der Waals surface area contributed by atoms with E-state index in [-0.39, 0.29) is 25.0 Å². The van der Waals surface area contributed by atoms with E-state index in [0.29, 0.717) is 30.1 Å². The van der Waals surface area contributed by atoms with E-state index in [9.17, 15) is 9.59 Å². The number of nitrogens with zero attached hydrogens (tertiary/aromatic N) is 2. The van der Waals surface area contributed by atoms with Crippen molar-refractivity contribution in [3.8, 4) is 0 Å². The highest BCUT2D eigenvalue weighted by Crippen LogP contribution is 2.22. The lowest BCUT2D eigenvalue weighted by molar-refractivity contribution is 0.0755. The predicted molar refractivity (Wildman–Crippen MR) is 141 cm³/mol. The number of aromatic nitrogens is 1. The summed E-state index contributed by atoms with van der Waals surface area (Å²) < 4.78 is 0. The summed E-state index contributed by atoms with van der Waals surface area (Å²) in [6.07, 6.45) is 4.66. The van der Waals surface area contributed by atoms with Crippen LogP contribution in [0.1, 0.15) is 71.4 Å². The highest BCUT2D eigenvalue weighted by Gasteiger charge is 2.16. The third-order valence-corrected chi connectivity index (χ3v) is 5.52. The number of pyridine rings is 1. The molecule has 186 valence electrons. The summed E-state index contributed by atoms with van der Waals surface area (Å²) in [6, 6.07) is 22.7. The summed E-state index contributed by atoms with van der Waals surface area (Å²) >= 11 is 0. The molecular weight excluding hydrogens is 438 g/mol. The maximum Gasteiger partial charge on any atom is 0.255 e. The Morgan fingerprint density at radius 2 is 1.40 bits per heavy atom. The van der Waals surface area contributed by atoms with Crippen molar-refractivity contribution in [1.82, 2.24) is 15.2 Å². The van der Waals surface area contributed by atoms with E-state index >= 15 is 0 Å². The third kappa shape index (κ3) is 8.98. The van der Waals surface area contributed by atoms with Gasteiger partial charge in [0.05, 0.1) is 17.7 Å². The van der Waals surface area contributed by atoms with Crippen LogP contribution in [0.25, 0.3) is 0 Å². The number of benzene rings is 2. The molecule has 0 aliphatic carbocycles. The maximum atomic E-state index is 12.4. The molecule has 0 saturated heterocycles. The Kier molecular flexibility index (Phi) is 12.2. The summed E-state index contributed by atoms with van der Waals surface area (Å²) in [7, 11) is 0. The molecular formula is C29H37N3O3. The highest BCUT2D eigenvalue weighted by molar-refractivity contribution is 5.99. The van der Waals surface area contributed by atoms with Gasteiger partial charge in [0, 0.05) is 37.9 Å². The fourth-order valence-corrected chi connectivity index (χ4v) is 3.67. The average Bonchev–Trinajstić information content (AvgIpc) is 2.92. The summed E-state index contributed by atoms with van der Waals surface area (Å²) in [6.45, 7) is 7.71. The number of hydrogen-bond acceptors (Lipinski definition) is 4. The van der Waals surface area contributed by atoms with Crippen molar-refractivity contribution in [3.63, 3.8) is 0 Å². The number of rotatable bonds is 10. The van der Waals surface area contributed by atoms with Crippen LogP contribution in [-0.2, 0) is 0 Å². The Morgan fingerprint density at radius 1 is 0.886 bits per heavy atom. The van der Waals surface area contributed by atoms with Crippen molar-refractivity contribution < 1.29 is 14.7 Å². The SMILES string of the molecule is CC(c1ccccc1)c1ccccc1.CCCN(CCC)C(=O)c1cncc(C(=O)NCCO)c1. The molecule has 0 aliphatic heterocycles. The van der Waals surface area contributed by atoms with E-state index in [1.807, 2.05) is 13.8 Å². The zero-order valence-corrected chi connectivity index (χ0v) is 21.0. The van der Waals surface area contributed by atoms with E-state index in [1.54, 1.807) is 11.0 Å². The van der Waals surface area contributed by atoms with Crippen LogP contribution in [0.3, 0.4) is 0 Å². The molecule has 2 amide bonds. The normalized spacial score (nSPS) is 10.3. The molecule has 0 saturated carbocycles. The molecule has 3 aromatic rings. The first kappa shape index (κ1) is 27.7. The minimum atomic E-state index is -0.344. The summed E-state index contributed by atoms with van der Waals surface area (Å²) in [5.74, 6) is 0.0316. The van der Waals surface area contributed by atoms with Gasteiger partial charge in [0.2, 0.25) is 0 Å². The molecule has 0 radical (unpaired) electrons. The molecule has 35 heavy (non-hydrogen) atoms. The van der Waals surface area contributed by atoms with Crippen LogP contribution in [0.2, 0.25) is 0 Å².